The van der Waals surface area contributed by atoms with Gasteiger partial charge in [-0.15, -0.1) is 0 Å². The Morgan fingerprint density at radius 2 is 2.21 bits per heavy atom. The summed E-state index contributed by atoms with van der Waals surface area (Å²) < 4.78 is 0. The maximum Gasteiger partial charge on any atom is 0.237 e. The van der Waals surface area contributed by atoms with Crippen molar-refractivity contribution >= 4 is 17.5 Å². The third-order valence-electron chi connectivity index (χ3n) is 3.37. The van der Waals surface area contributed by atoms with E-state index < -0.39 is 0 Å². The molecule has 1 aromatic rings. The lowest BCUT2D eigenvalue weighted by molar-refractivity contribution is -0.116. The van der Waals surface area contributed by atoms with Crippen molar-refractivity contribution in [2.24, 2.45) is 5.73 Å². The van der Waals surface area contributed by atoms with E-state index in [4.69, 9.17) is 5.73 Å². The number of nitrogens with two attached hydrogens (primary N) is 1. The van der Waals surface area contributed by atoms with Gasteiger partial charge in [0, 0.05) is 12.6 Å². The van der Waals surface area contributed by atoms with Crippen molar-refractivity contribution in [3.63, 3.8) is 0 Å². The molecule has 3 N–H and O–H groups in total. The van der Waals surface area contributed by atoms with Crippen molar-refractivity contribution in [2.75, 3.05) is 23.3 Å². The van der Waals surface area contributed by atoms with Crippen molar-refractivity contribution in [3.8, 4) is 0 Å². The summed E-state index contributed by atoms with van der Waals surface area (Å²) in [6.07, 6.45) is 7.94. The number of carbonyl (C=O) groups excluding carboxylic acids is 1. The second-order valence-electron chi connectivity index (χ2n) is 4.83. The number of aromatic nitrogens is 2. The molecule has 0 aliphatic heterocycles. The van der Waals surface area contributed by atoms with E-state index in [-0.39, 0.29) is 12.5 Å². The van der Waals surface area contributed by atoms with E-state index in [0.717, 1.165) is 31.0 Å². The summed E-state index contributed by atoms with van der Waals surface area (Å²) in [7, 11) is 0. The van der Waals surface area contributed by atoms with E-state index in [0.29, 0.717) is 6.04 Å². The van der Waals surface area contributed by atoms with Crippen molar-refractivity contribution in [1.29, 1.82) is 0 Å². The molecule has 0 radical (unpaired) electrons. The standard InChI is InChI=1S/C13H21N5O/c1-2-16-12-7-15-8-13(17-12)18(9-11(14)19)10-5-3-4-6-10/h7-8,10H,2-6,9H2,1H3,(H2,14,19)(H,16,17). The normalized spacial score (nSPS) is 15.4. The fraction of sp³-hybridized carbons (Fsp3) is 0.615. The topological polar surface area (TPSA) is 84.1 Å². The number of nitrogens with zero attached hydrogens (tertiary/aromatic N) is 3. The molecule has 0 unspecified atom stereocenters. The molecule has 1 fully saturated rings. The van der Waals surface area contributed by atoms with Crippen molar-refractivity contribution in [1.82, 2.24) is 9.97 Å². The molecule has 6 nitrogen and oxygen atoms in total. The van der Waals surface area contributed by atoms with E-state index in [1.165, 1.54) is 12.8 Å². The highest BCUT2D eigenvalue weighted by molar-refractivity contribution is 5.79. The van der Waals surface area contributed by atoms with Gasteiger partial charge in [-0.3, -0.25) is 9.78 Å². The van der Waals surface area contributed by atoms with E-state index >= 15 is 0 Å². The first-order chi connectivity index (χ1) is 9.20. The van der Waals surface area contributed by atoms with Crippen LogP contribution in [0.2, 0.25) is 0 Å². The number of carbonyl (C=O) groups is 1. The van der Waals surface area contributed by atoms with Crippen LogP contribution in [0.15, 0.2) is 12.4 Å². The molecule has 0 aromatic carbocycles. The Morgan fingerprint density at radius 3 is 2.84 bits per heavy atom. The average Bonchev–Trinajstić information content (AvgIpc) is 2.90. The predicted octanol–water partition coefficient (Wildman–Crippen LogP) is 1.14. The molecule has 19 heavy (non-hydrogen) atoms. The molecule has 0 atom stereocenters. The Bertz CT molecular complexity index is 431. The van der Waals surface area contributed by atoms with E-state index in [2.05, 4.69) is 15.3 Å². The van der Waals surface area contributed by atoms with Crippen LogP contribution in [0.1, 0.15) is 32.6 Å². The van der Waals surface area contributed by atoms with Gasteiger partial charge in [0.1, 0.15) is 11.6 Å². The Kier molecular flexibility index (Phi) is 4.54. The average molecular weight is 263 g/mol. The summed E-state index contributed by atoms with van der Waals surface area (Å²) >= 11 is 0. The number of hydrogen-bond donors (Lipinski definition) is 2. The van der Waals surface area contributed by atoms with Crippen LogP contribution < -0.4 is 16.0 Å². The van der Waals surface area contributed by atoms with Gasteiger partial charge in [0.15, 0.2) is 0 Å². The summed E-state index contributed by atoms with van der Waals surface area (Å²) in [6.45, 7) is 3.00. The molecule has 1 saturated carbocycles. The second kappa shape index (κ2) is 6.36. The quantitative estimate of drug-likeness (QED) is 0.804. The van der Waals surface area contributed by atoms with Gasteiger partial charge in [-0.25, -0.2) is 4.98 Å². The van der Waals surface area contributed by atoms with Crippen LogP contribution in [0.4, 0.5) is 11.6 Å². The van der Waals surface area contributed by atoms with Gasteiger partial charge >= 0.3 is 0 Å². The van der Waals surface area contributed by atoms with E-state index in [1.54, 1.807) is 12.4 Å². The maximum absolute atomic E-state index is 11.3. The number of hydrogen-bond acceptors (Lipinski definition) is 5. The second-order valence-corrected chi connectivity index (χ2v) is 4.83. The molecule has 104 valence electrons. The SMILES string of the molecule is CCNc1cncc(N(CC(N)=O)C2CCCC2)n1. The van der Waals surface area contributed by atoms with Crippen molar-refractivity contribution in [2.45, 2.75) is 38.6 Å². The summed E-state index contributed by atoms with van der Waals surface area (Å²) in [5.41, 5.74) is 5.35. The molecular weight excluding hydrogens is 242 g/mol. The largest absolute Gasteiger partial charge is 0.369 e. The molecule has 1 aliphatic carbocycles. The highest BCUT2D eigenvalue weighted by atomic mass is 16.1. The fourth-order valence-corrected chi connectivity index (χ4v) is 2.54. The first-order valence-corrected chi connectivity index (χ1v) is 6.81. The minimum absolute atomic E-state index is 0.203. The molecule has 0 saturated heterocycles. The van der Waals surface area contributed by atoms with Crippen LogP contribution >= 0.6 is 0 Å². The van der Waals surface area contributed by atoms with Gasteiger partial charge in [0.2, 0.25) is 5.91 Å². The van der Waals surface area contributed by atoms with Crippen molar-refractivity contribution in [3.05, 3.63) is 12.4 Å². The summed E-state index contributed by atoms with van der Waals surface area (Å²) in [4.78, 5) is 21.9. The van der Waals surface area contributed by atoms with Crippen LogP contribution in [0.5, 0.6) is 0 Å². The van der Waals surface area contributed by atoms with Gasteiger partial charge in [0.25, 0.3) is 0 Å². The third-order valence-corrected chi connectivity index (χ3v) is 3.37. The number of primary amides is 1. The lowest BCUT2D eigenvalue weighted by Crippen LogP contribution is -2.40. The zero-order valence-corrected chi connectivity index (χ0v) is 11.3. The zero-order valence-electron chi connectivity index (χ0n) is 11.3. The number of rotatable bonds is 6. The van der Waals surface area contributed by atoms with Crippen LogP contribution in [0.25, 0.3) is 0 Å². The molecule has 0 bridgehead atoms. The Morgan fingerprint density at radius 1 is 1.47 bits per heavy atom. The molecule has 1 heterocycles. The molecule has 1 aliphatic rings. The highest BCUT2D eigenvalue weighted by Crippen LogP contribution is 2.27. The third kappa shape index (κ3) is 3.56. The Hall–Kier alpha value is -1.85. The molecule has 1 amide bonds. The number of anilines is 2. The van der Waals surface area contributed by atoms with Gasteiger partial charge in [0.05, 0.1) is 18.9 Å². The lowest BCUT2D eigenvalue weighted by atomic mass is 10.2. The smallest absolute Gasteiger partial charge is 0.237 e. The molecule has 0 spiro atoms. The molecule has 1 aromatic heterocycles. The minimum atomic E-state index is -0.331. The van der Waals surface area contributed by atoms with Gasteiger partial charge in [-0.1, -0.05) is 12.8 Å². The van der Waals surface area contributed by atoms with Crippen molar-refractivity contribution < 1.29 is 4.79 Å². The van der Waals surface area contributed by atoms with Gasteiger partial charge < -0.3 is 16.0 Å². The highest BCUT2D eigenvalue weighted by Gasteiger charge is 2.25. The van der Waals surface area contributed by atoms with E-state index in [9.17, 15) is 4.79 Å². The first-order valence-electron chi connectivity index (χ1n) is 6.81. The number of amides is 1. The zero-order chi connectivity index (χ0) is 13.7. The van der Waals surface area contributed by atoms with Gasteiger partial charge in [-0.2, -0.15) is 0 Å². The Balaban J connectivity index is 2.20. The predicted molar refractivity (Wildman–Crippen MR) is 75.0 cm³/mol. The Labute approximate surface area is 113 Å². The molecular formula is C13H21N5O. The van der Waals surface area contributed by atoms with E-state index in [1.807, 2.05) is 11.8 Å². The summed E-state index contributed by atoms with van der Waals surface area (Å²) in [5, 5.41) is 3.13. The van der Waals surface area contributed by atoms with Crippen LogP contribution in [0, 0.1) is 0 Å². The molecule has 2 rings (SSSR count). The molecule has 6 heteroatoms. The van der Waals surface area contributed by atoms with Crippen LogP contribution in [-0.4, -0.2) is 35.0 Å². The monoisotopic (exact) mass is 263 g/mol. The number of nitrogens with one attached hydrogen (secondary N) is 1. The lowest BCUT2D eigenvalue weighted by Gasteiger charge is -2.28. The van der Waals surface area contributed by atoms with Gasteiger partial charge in [-0.05, 0) is 19.8 Å². The first kappa shape index (κ1) is 13.6. The summed E-state index contributed by atoms with van der Waals surface area (Å²) in [5.74, 6) is 1.12. The maximum atomic E-state index is 11.3. The summed E-state index contributed by atoms with van der Waals surface area (Å²) in [6, 6.07) is 0.346. The van der Waals surface area contributed by atoms with Crippen LogP contribution in [-0.2, 0) is 4.79 Å². The minimum Gasteiger partial charge on any atom is -0.369 e. The fourth-order valence-electron chi connectivity index (χ4n) is 2.54. The van der Waals surface area contributed by atoms with Crippen LogP contribution in [0.3, 0.4) is 0 Å².